The van der Waals surface area contributed by atoms with Crippen LogP contribution >= 0.6 is 0 Å². The number of carbonyl (C=O) groups excluding carboxylic acids is 1. The Hall–Kier alpha value is -1.35. The van der Waals surface area contributed by atoms with Crippen molar-refractivity contribution in [1.29, 1.82) is 0 Å². The van der Waals surface area contributed by atoms with E-state index in [-0.39, 0.29) is 5.97 Å². The fourth-order valence-electron chi connectivity index (χ4n) is 2.05. The van der Waals surface area contributed by atoms with Gasteiger partial charge >= 0.3 is 5.97 Å². The number of ether oxygens (including phenoxy) is 1. The molecule has 1 aromatic rings. The lowest BCUT2D eigenvalue weighted by Crippen LogP contribution is -2.28. The van der Waals surface area contributed by atoms with Gasteiger partial charge in [0.1, 0.15) is 0 Å². The summed E-state index contributed by atoms with van der Waals surface area (Å²) < 4.78 is 5.58. The fourth-order valence-corrected chi connectivity index (χ4v) is 3.42. The molecule has 0 bridgehead atoms. The SMILES string of the molecule is CC1(c2ccccc2)C=C([Si](C)(C)C)C(=O)O1. The monoisotopic (exact) mass is 246 g/mol. The van der Waals surface area contributed by atoms with Gasteiger partial charge in [0.2, 0.25) is 0 Å². The predicted molar refractivity (Wildman–Crippen MR) is 71.3 cm³/mol. The van der Waals surface area contributed by atoms with Crippen LogP contribution in [0.25, 0.3) is 0 Å². The van der Waals surface area contributed by atoms with Gasteiger partial charge in [-0.1, -0.05) is 50.0 Å². The zero-order valence-electron chi connectivity index (χ0n) is 10.8. The molecule has 1 atom stereocenters. The van der Waals surface area contributed by atoms with E-state index in [0.29, 0.717) is 0 Å². The lowest BCUT2D eigenvalue weighted by atomic mass is 9.97. The molecule has 0 saturated heterocycles. The fraction of sp³-hybridized carbons (Fsp3) is 0.357. The Balaban J connectivity index is 2.44. The van der Waals surface area contributed by atoms with Crippen molar-refractivity contribution in [3.63, 3.8) is 0 Å². The quantitative estimate of drug-likeness (QED) is 0.591. The Morgan fingerprint density at radius 1 is 1.12 bits per heavy atom. The molecule has 1 heterocycles. The molecule has 90 valence electrons. The minimum absolute atomic E-state index is 0.143. The number of hydrogen-bond acceptors (Lipinski definition) is 2. The molecule has 1 aromatic carbocycles. The molecule has 3 heteroatoms. The lowest BCUT2D eigenvalue weighted by Gasteiger charge is -2.21. The minimum atomic E-state index is -1.62. The summed E-state index contributed by atoms with van der Waals surface area (Å²) in [5, 5.41) is 0.892. The van der Waals surface area contributed by atoms with Crippen LogP contribution in [0.5, 0.6) is 0 Å². The van der Waals surface area contributed by atoms with E-state index in [9.17, 15) is 4.79 Å². The second-order valence-electron chi connectivity index (χ2n) is 5.67. The third-order valence-corrected chi connectivity index (χ3v) is 5.06. The van der Waals surface area contributed by atoms with Crippen LogP contribution in [-0.2, 0) is 15.1 Å². The molecular weight excluding hydrogens is 228 g/mol. The Morgan fingerprint density at radius 2 is 1.71 bits per heavy atom. The molecule has 0 aliphatic carbocycles. The van der Waals surface area contributed by atoms with Crippen molar-refractivity contribution in [2.24, 2.45) is 0 Å². The van der Waals surface area contributed by atoms with Crippen LogP contribution in [0.2, 0.25) is 19.6 Å². The lowest BCUT2D eigenvalue weighted by molar-refractivity contribution is -0.145. The largest absolute Gasteiger partial charge is 0.447 e. The predicted octanol–water partition coefficient (Wildman–Crippen LogP) is 3.26. The van der Waals surface area contributed by atoms with Gasteiger partial charge in [-0.2, -0.15) is 0 Å². The molecule has 1 aliphatic heterocycles. The number of rotatable bonds is 2. The molecule has 2 nitrogen and oxygen atoms in total. The summed E-state index contributed by atoms with van der Waals surface area (Å²) in [4.78, 5) is 12.0. The van der Waals surface area contributed by atoms with Crippen LogP contribution in [0.15, 0.2) is 41.6 Å². The van der Waals surface area contributed by atoms with Crippen molar-refractivity contribution in [2.45, 2.75) is 32.2 Å². The second-order valence-corrected chi connectivity index (χ2v) is 10.7. The number of hydrogen-bond donors (Lipinski definition) is 0. The molecule has 0 radical (unpaired) electrons. The van der Waals surface area contributed by atoms with Crippen LogP contribution in [-0.4, -0.2) is 14.0 Å². The summed E-state index contributed by atoms with van der Waals surface area (Å²) in [7, 11) is -1.62. The van der Waals surface area contributed by atoms with Gasteiger partial charge in [-0.25, -0.2) is 4.79 Å². The molecule has 0 spiro atoms. The summed E-state index contributed by atoms with van der Waals surface area (Å²) in [6.07, 6.45) is 2.01. The first-order chi connectivity index (χ1) is 7.83. The first kappa shape index (κ1) is 12.1. The zero-order chi connectivity index (χ0) is 12.7. The Bertz CT molecular complexity index is 471. The smallest absolute Gasteiger partial charge is 0.330 e. The normalized spacial score (nSPS) is 24.5. The molecule has 0 aromatic heterocycles. The van der Waals surface area contributed by atoms with E-state index >= 15 is 0 Å². The zero-order valence-corrected chi connectivity index (χ0v) is 11.8. The molecular formula is C14H18O2Si. The van der Waals surface area contributed by atoms with Crippen molar-refractivity contribution in [1.82, 2.24) is 0 Å². The maximum Gasteiger partial charge on any atom is 0.330 e. The van der Waals surface area contributed by atoms with Gasteiger partial charge in [0, 0.05) is 5.20 Å². The average Bonchev–Trinajstić information content (AvgIpc) is 2.57. The van der Waals surface area contributed by atoms with E-state index in [2.05, 4.69) is 19.6 Å². The number of cyclic esters (lactones) is 1. The van der Waals surface area contributed by atoms with Crippen LogP contribution in [0.4, 0.5) is 0 Å². The van der Waals surface area contributed by atoms with Gasteiger partial charge in [0.25, 0.3) is 0 Å². The molecule has 0 fully saturated rings. The summed E-state index contributed by atoms with van der Waals surface area (Å²) in [5.41, 5.74) is 0.440. The van der Waals surface area contributed by atoms with Crippen LogP contribution in [0.3, 0.4) is 0 Å². The van der Waals surface area contributed by atoms with E-state index in [1.807, 2.05) is 43.3 Å². The van der Waals surface area contributed by atoms with E-state index in [0.717, 1.165) is 10.8 Å². The third-order valence-electron chi connectivity index (χ3n) is 3.10. The van der Waals surface area contributed by atoms with Gasteiger partial charge in [0.15, 0.2) is 5.60 Å². The van der Waals surface area contributed by atoms with Crippen molar-refractivity contribution < 1.29 is 9.53 Å². The van der Waals surface area contributed by atoms with Gasteiger partial charge < -0.3 is 4.74 Å². The molecule has 17 heavy (non-hydrogen) atoms. The van der Waals surface area contributed by atoms with Crippen molar-refractivity contribution in [2.75, 3.05) is 0 Å². The van der Waals surface area contributed by atoms with Crippen LogP contribution < -0.4 is 0 Å². The van der Waals surface area contributed by atoms with Crippen LogP contribution in [0, 0.1) is 0 Å². The third kappa shape index (κ3) is 2.20. The highest BCUT2D eigenvalue weighted by molar-refractivity contribution is 6.87. The van der Waals surface area contributed by atoms with E-state index in [4.69, 9.17) is 4.74 Å². The molecule has 0 amide bonds. The van der Waals surface area contributed by atoms with Gasteiger partial charge in [-0.15, -0.1) is 0 Å². The topological polar surface area (TPSA) is 26.3 Å². The van der Waals surface area contributed by atoms with Crippen LogP contribution in [0.1, 0.15) is 12.5 Å². The highest BCUT2D eigenvalue weighted by Gasteiger charge is 2.41. The number of esters is 1. The van der Waals surface area contributed by atoms with E-state index < -0.39 is 13.7 Å². The highest BCUT2D eigenvalue weighted by Crippen LogP contribution is 2.37. The molecule has 1 aliphatic rings. The summed E-state index contributed by atoms with van der Waals surface area (Å²) in [6, 6.07) is 9.89. The van der Waals surface area contributed by atoms with E-state index in [1.54, 1.807) is 0 Å². The first-order valence-corrected chi connectivity index (χ1v) is 9.35. The highest BCUT2D eigenvalue weighted by atomic mass is 28.3. The first-order valence-electron chi connectivity index (χ1n) is 5.85. The van der Waals surface area contributed by atoms with Crippen molar-refractivity contribution >= 4 is 14.0 Å². The van der Waals surface area contributed by atoms with Gasteiger partial charge in [0.05, 0.1) is 8.07 Å². The summed E-state index contributed by atoms with van der Waals surface area (Å²) in [5.74, 6) is -0.143. The molecule has 2 rings (SSSR count). The Morgan fingerprint density at radius 3 is 2.18 bits per heavy atom. The summed E-state index contributed by atoms with van der Waals surface area (Å²) >= 11 is 0. The van der Waals surface area contributed by atoms with Crippen molar-refractivity contribution in [3.8, 4) is 0 Å². The number of benzene rings is 1. The maximum absolute atomic E-state index is 12.0. The van der Waals surface area contributed by atoms with Crippen molar-refractivity contribution in [3.05, 3.63) is 47.2 Å². The summed E-state index contributed by atoms with van der Waals surface area (Å²) in [6.45, 7) is 8.44. The van der Waals surface area contributed by atoms with Gasteiger partial charge in [-0.05, 0) is 18.6 Å². The molecule has 1 unspecified atom stereocenters. The molecule has 0 N–H and O–H groups in total. The average molecular weight is 246 g/mol. The van der Waals surface area contributed by atoms with Gasteiger partial charge in [-0.3, -0.25) is 0 Å². The minimum Gasteiger partial charge on any atom is -0.447 e. The maximum atomic E-state index is 12.0. The Labute approximate surface area is 103 Å². The molecule has 0 saturated carbocycles. The second kappa shape index (κ2) is 3.84. The number of carbonyl (C=O) groups is 1. The standard InChI is InChI=1S/C14H18O2Si/c1-14(11-8-6-5-7-9-11)10-12(13(15)16-14)17(2,3)4/h5-10H,1-4H3. The van der Waals surface area contributed by atoms with E-state index in [1.165, 1.54) is 0 Å². The Kier molecular flexibility index (Phi) is 2.74.